The lowest BCUT2D eigenvalue weighted by atomic mass is 9.91. The molecule has 0 radical (unpaired) electrons. The number of ether oxygens (including phenoxy) is 3. The van der Waals surface area contributed by atoms with Crippen molar-refractivity contribution < 1.29 is 14.2 Å². The van der Waals surface area contributed by atoms with Crippen molar-refractivity contribution in [3.05, 3.63) is 23.8 Å². The first-order chi connectivity index (χ1) is 11.8. The van der Waals surface area contributed by atoms with Crippen LogP contribution >= 0.6 is 0 Å². The number of likely N-dealkylation sites (tertiary alicyclic amines) is 1. The minimum Gasteiger partial charge on any atom is -0.493 e. The van der Waals surface area contributed by atoms with Crippen LogP contribution in [0.4, 0.5) is 0 Å². The van der Waals surface area contributed by atoms with Crippen LogP contribution in [-0.4, -0.2) is 51.0 Å². The molecule has 0 aromatic heterocycles. The summed E-state index contributed by atoms with van der Waals surface area (Å²) in [5.41, 5.74) is 1.24. The van der Waals surface area contributed by atoms with E-state index in [0.29, 0.717) is 12.1 Å². The van der Waals surface area contributed by atoms with Crippen LogP contribution < -0.4 is 9.47 Å². The van der Waals surface area contributed by atoms with E-state index in [1.54, 1.807) is 14.2 Å². The fraction of sp³-hybridized carbons (Fsp3) is 0.700. The molecular formula is C20H31NO3. The molecule has 2 aliphatic rings. The Morgan fingerprint density at radius 3 is 2.46 bits per heavy atom. The topological polar surface area (TPSA) is 30.9 Å². The largest absolute Gasteiger partial charge is 0.493 e. The Morgan fingerprint density at radius 2 is 1.71 bits per heavy atom. The highest BCUT2D eigenvalue weighted by Gasteiger charge is 2.31. The molecular weight excluding hydrogens is 302 g/mol. The first-order valence-electron chi connectivity index (χ1n) is 9.38. The van der Waals surface area contributed by atoms with E-state index in [-0.39, 0.29) is 0 Å². The molecule has 0 bridgehead atoms. The van der Waals surface area contributed by atoms with E-state index in [9.17, 15) is 0 Å². The van der Waals surface area contributed by atoms with E-state index in [0.717, 1.165) is 24.5 Å². The fourth-order valence-electron chi connectivity index (χ4n) is 4.13. The summed E-state index contributed by atoms with van der Waals surface area (Å²) in [4.78, 5) is 2.67. The molecule has 2 fully saturated rings. The maximum absolute atomic E-state index is 6.33. The van der Waals surface area contributed by atoms with Crippen molar-refractivity contribution in [2.45, 2.75) is 57.1 Å². The normalized spacial score (nSPS) is 24.9. The summed E-state index contributed by atoms with van der Waals surface area (Å²) in [6, 6.07) is 6.78. The first-order valence-corrected chi connectivity index (χ1v) is 9.38. The molecule has 1 unspecified atom stereocenters. The fourth-order valence-corrected chi connectivity index (χ4v) is 4.13. The molecule has 1 saturated heterocycles. The van der Waals surface area contributed by atoms with Gasteiger partial charge in [-0.2, -0.15) is 0 Å². The Bertz CT molecular complexity index is 514. The molecule has 1 aliphatic heterocycles. The van der Waals surface area contributed by atoms with E-state index in [2.05, 4.69) is 17.0 Å². The van der Waals surface area contributed by atoms with E-state index in [4.69, 9.17) is 14.2 Å². The standard InChI is InChI=1S/C20H31NO3/c1-22-19-10-9-16(15-20(19)23-2)11-14-24-18-8-4-3-7-17(18)21-12-5-6-13-21/h9-10,15,17-18H,3-8,11-14H2,1-2H3/t17?,18-/m1/s1. The Labute approximate surface area is 146 Å². The van der Waals surface area contributed by atoms with Crippen molar-refractivity contribution in [1.29, 1.82) is 0 Å². The Hall–Kier alpha value is -1.26. The molecule has 1 saturated carbocycles. The SMILES string of the molecule is COc1ccc(CCO[C@@H]2CCCCC2N2CCCC2)cc1OC. The van der Waals surface area contributed by atoms with E-state index in [1.165, 1.54) is 57.2 Å². The van der Waals surface area contributed by atoms with Crippen LogP contribution in [0, 0.1) is 0 Å². The van der Waals surface area contributed by atoms with E-state index < -0.39 is 0 Å². The lowest BCUT2D eigenvalue weighted by molar-refractivity contribution is -0.0290. The second-order valence-corrected chi connectivity index (χ2v) is 6.94. The van der Waals surface area contributed by atoms with Gasteiger partial charge in [0.2, 0.25) is 0 Å². The average molecular weight is 333 g/mol. The molecule has 4 nitrogen and oxygen atoms in total. The van der Waals surface area contributed by atoms with Gasteiger partial charge in [-0.1, -0.05) is 18.9 Å². The third kappa shape index (κ3) is 4.22. The molecule has 3 rings (SSSR count). The minimum absolute atomic E-state index is 0.414. The second kappa shape index (κ2) is 8.72. The predicted octanol–water partition coefficient (Wildman–Crippen LogP) is 3.67. The van der Waals surface area contributed by atoms with Crippen molar-refractivity contribution in [3.8, 4) is 11.5 Å². The van der Waals surface area contributed by atoms with Gasteiger partial charge in [0.25, 0.3) is 0 Å². The smallest absolute Gasteiger partial charge is 0.160 e. The number of methoxy groups -OCH3 is 2. The van der Waals surface area contributed by atoms with Gasteiger partial charge in [0.05, 0.1) is 26.9 Å². The van der Waals surface area contributed by atoms with Gasteiger partial charge in [-0.05, 0) is 62.9 Å². The summed E-state index contributed by atoms with van der Waals surface area (Å²) in [7, 11) is 3.35. The molecule has 1 aromatic rings. The Kier molecular flexibility index (Phi) is 6.38. The lowest BCUT2D eigenvalue weighted by Gasteiger charge is -2.37. The number of nitrogens with zero attached hydrogens (tertiary/aromatic N) is 1. The van der Waals surface area contributed by atoms with Gasteiger partial charge in [-0.3, -0.25) is 4.90 Å². The zero-order chi connectivity index (χ0) is 16.8. The van der Waals surface area contributed by atoms with E-state index >= 15 is 0 Å². The molecule has 1 heterocycles. The minimum atomic E-state index is 0.414. The van der Waals surface area contributed by atoms with Crippen molar-refractivity contribution in [1.82, 2.24) is 4.90 Å². The van der Waals surface area contributed by atoms with Crippen molar-refractivity contribution in [2.24, 2.45) is 0 Å². The third-order valence-corrected chi connectivity index (χ3v) is 5.45. The summed E-state index contributed by atoms with van der Waals surface area (Å²) in [6.07, 6.45) is 9.24. The number of rotatable bonds is 7. The molecule has 1 aliphatic carbocycles. The van der Waals surface area contributed by atoms with Gasteiger partial charge in [-0.15, -0.1) is 0 Å². The zero-order valence-electron chi connectivity index (χ0n) is 15.1. The first kappa shape index (κ1) is 17.6. The maximum Gasteiger partial charge on any atom is 0.160 e. The monoisotopic (exact) mass is 333 g/mol. The second-order valence-electron chi connectivity index (χ2n) is 6.94. The molecule has 24 heavy (non-hydrogen) atoms. The summed E-state index contributed by atoms with van der Waals surface area (Å²) in [5, 5.41) is 0. The maximum atomic E-state index is 6.33. The summed E-state index contributed by atoms with van der Waals surface area (Å²) >= 11 is 0. The van der Waals surface area contributed by atoms with Gasteiger partial charge in [0.15, 0.2) is 11.5 Å². The summed E-state index contributed by atoms with van der Waals surface area (Å²) < 4.78 is 17.0. The Morgan fingerprint density at radius 1 is 0.958 bits per heavy atom. The van der Waals surface area contributed by atoms with Crippen molar-refractivity contribution in [3.63, 3.8) is 0 Å². The molecule has 1 aromatic carbocycles. The van der Waals surface area contributed by atoms with Gasteiger partial charge in [0, 0.05) is 6.04 Å². The van der Waals surface area contributed by atoms with Crippen LogP contribution in [0.5, 0.6) is 11.5 Å². The molecule has 2 atom stereocenters. The van der Waals surface area contributed by atoms with Crippen LogP contribution in [-0.2, 0) is 11.2 Å². The van der Waals surface area contributed by atoms with E-state index in [1.807, 2.05) is 6.07 Å². The number of hydrogen-bond donors (Lipinski definition) is 0. The van der Waals surface area contributed by atoms with Crippen LogP contribution in [0.2, 0.25) is 0 Å². The molecule has 134 valence electrons. The third-order valence-electron chi connectivity index (χ3n) is 5.45. The van der Waals surface area contributed by atoms with Crippen LogP contribution in [0.15, 0.2) is 18.2 Å². The average Bonchev–Trinajstić information content (AvgIpc) is 3.16. The molecule has 0 amide bonds. The summed E-state index contributed by atoms with van der Waals surface area (Å²) in [6.45, 7) is 3.31. The lowest BCUT2D eigenvalue weighted by Crippen LogP contribution is -2.45. The highest BCUT2D eigenvalue weighted by molar-refractivity contribution is 5.42. The van der Waals surface area contributed by atoms with Crippen molar-refractivity contribution in [2.75, 3.05) is 33.9 Å². The predicted molar refractivity (Wildman–Crippen MR) is 96.1 cm³/mol. The van der Waals surface area contributed by atoms with Crippen LogP contribution in [0.25, 0.3) is 0 Å². The highest BCUT2D eigenvalue weighted by atomic mass is 16.5. The van der Waals surface area contributed by atoms with Crippen molar-refractivity contribution >= 4 is 0 Å². The number of hydrogen-bond acceptors (Lipinski definition) is 4. The molecule has 0 spiro atoms. The van der Waals surface area contributed by atoms with Crippen LogP contribution in [0.3, 0.4) is 0 Å². The number of benzene rings is 1. The Balaban J connectivity index is 1.52. The quantitative estimate of drug-likeness (QED) is 0.762. The molecule has 4 heteroatoms. The van der Waals surface area contributed by atoms with Gasteiger partial charge < -0.3 is 14.2 Å². The summed E-state index contributed by atoms with van der Waals surface area (Å²) in [5.74, 6) is 1.58. The highest BCUT2D eigenvalue weighted by Crippen LogP contribution is 2.29. The van der Waals surface area contributed by atoms with Gasteiger partial charge in [-0.25, -0.2) is 0 Å². The van der Waals surface area contributed by atoms with Gasteiger partial charge >= 0.3 is 0 Å². The molecule has 0 N–H and O–H groups in total. The van der Waals surface area contributed by atoms with Crippen LogP contribution in [0.1, 0.15) is 44.1 Å². The zero-order valence-corrected chi connectivity index (χ0v) is 15.1. The van der Waals surface area contributed by atoms with Gasteiger partial charge in [0.1, 0.15) is 0 Å².